The number of aromatic nitrogens is 2. The summed E-state index contributed by atoms with van der Waals surface area (Å²) >= 11 is 6.49. The predicted molar refractivity (Wildman–Crippen MR) is 183 cm³/mol. The number of nitrogens with two attached hydrogens (primary N) is 1. The lowest BCUT2D eigenvalue weighted by atomic mass is 9.79. The maximum Gasteiger partial charge on any atom is 0.326 e. The molecule has 0 saturated carbocycles. The second-order valence-corrected chi connectivity index (χ2v) is 14.0. The number of urea groups is 1. The Hall–Kier alpha value is -3.50. The van der Waals surface area contributed by atoms with Crippen LogP contribution in [0.1, 0.15) is 62.6 Å². The number of carbonyl (C=O) groups is 2. The van der Waals surface area contributed by atoms with Gasteiger partial charge in [0, 0.05) is 38.6 Å². The standard InChI is InChI=1S/C35H48ClN7O3/c1-3-24-20-23(21-28(36)32(24)37)22-30(33(44)41-16-10-26(11-17-41)25-8-14-40(2)15-9-25)39-34(45)42-18-12-27(13-19-42)43-31-7-5-4-6-29(31)38-35(43)46/h4-7,20-21,25-27,30H,3,8-19,22,37H2,1-2H3,(H,38,46)(H,39,45)/t30-/m1/s1. The van der Waals surface area contributed by atoms with E-state index >= 15 is 0 Å². The lowest BCUT2D eigenvalue weighted by molar-refractivity contribution is -0.135. The van der Waals surface area contributed by atoms with Crippen LogP contribution in [-0.2, 0) is 17.6 Å². The average Bonchev–Trinajstić information content (AvgIpc) is 3.41. The Morgan fingerprint density at radius 3 is 2.26 bits per heavy atom. The van der Waals surface area contributed by atoms with E-state index in [2.05, 4.69) is 22.2 Å². The number of benzene rings is 2. The maximum absolute atomic E-state index is 14.1. The Kier molecular flexibility index (Phi) is 9.94. The van der Waals surface area contributed by atoms with Crippen LogP contribution in [0.2, 0.25) is 5.02 Å². The van der Waals surface area contributed by atoms with Gasteiger partial charge >= 0.3 is 11.7 Å². The van der Waals surface area contributed by atoms with Crippen LogP contribution in [0.3, 0.4) is 0 Å². The highest BCUT2D eigenvalue weighted by atomic mass is 35.5. The van der Waals surface area contributed by atoms with Gasteiger partial charge in [0.05, 0.1) is 21.7 Å². The van der Waals surface area contributed by atoms with Crippen LogP contribution in [0.25, 0.3) is 11.0 Å². The molecular weight excluding hydrogens is 602 g/mol. The second-order valence-electron chi connectivity index (χ2n) is 13.5. The molecule has 0 unspecified atom stereocenters. The Morgan fingerprint density at radius 1 is 0.957 bits per heavy atom. The number of rotatable bonds is 7. The Bertz CT molecular complexity index is 1600. The second kappa shape index (κ2) is 14.1. The van der Waals surface area contributed by atoms with Crippen molar-refractivity contribution in [1.82, 2.24) is 29.6 Å². The number of aromatic amines is 1. The van der Waals surface area contributed by atoms with Crippen molar-refractivity contribution in [3.05, 3.63) is 63.0 Å². The highest BCUT2D eigenvalue weighted by Crippen LogP contribution is 2.33. The first-order chi connectivity index (χ1) is 22.2. The van der Waals surface area contributed by atoms with Crippen molar-refractivity contribution in [2.45, 2.75) is 70.4 Å². The first-order valence-corrected chi connectivity index (χ1v) is 17.4. The summed E-state index contributed by atoms with van der Waals surface area (Å²) in [7, 11) is 2.19. The molecule has 3 aliphatic rings. The molecule has 3 fully saturated rings. The van der Waals surface area contributed by atoms with Gasteiger partial charge < -0.3 is 30.7 Å². The predicted octanol–water partition coefficient (Wildman–Crippen LogP) is 4.67. The normalized spacial score (nSPS) is 19.9. The van der Waals surface area contributed by atoms with Crippen LogP contribution >= 0.6 is 11.6 Å². The third kappa shape index (κ3) is 6.93. The number of anilines is 1. The fraction of sp³-hybridized carbons (Fsp3) is 0.571. The number of piperidine rings is 3. The van der Waals surface area contributed by atoms with E-state index in [-0.39, 0.29) is 23.7 Å². The van der Waals surface area contributed by atoms with Gasteiger partial charge in [0.2, 0.25) is 5.91 Å². The van der Waals surface area contributed by atoms with Crippen molar-refractivity contribution in [1.29, 1.82) is 0 Å². The first kappa shape index (κ1) is 32.4. The number of fused-ring (bicyclic) bond motifs is 1. The fourth-order valence-electron chi connectivity index (χ4n) is 7.90. The van der Waals surface area contributed by atoms with Gasteiger partial charge in [-0.1, -0.05) is 36.7 Å². The number of aryl methyl sites for hydroxylation is 1. The average molecular weight is 650 g/mol. The number of likely N-dealkylation sites (tertiary alicyclic amines) is 3. The fourth-order valence-corrected chi connectivity index (χ4v) is 8.16. The number of imidazole rings is 1. The molecule has 46 heavy (non-hydrogen) atoms. The largest absolute Gasteiger partial charge is 0.397 e. The molecular formula is C35H48ClN7O3. The van der Waals surface area contributed by atoms with Gasteiger partial charge in [-0.15, -0.1) is 0 Å². The quantitative estimate of drug-likeness (QED) is 0.322. The number of nitrogens with one attached hydrogen (secondary N) is 2. The molecule has 1 aromatic heterocycles. The highest BCUT2D eigenvalue weighted by Gasteiger charge is 2.35. The zero-order chi connectivity index (χ0) is 32.4. The van der Waals surface area contributed by atoms with Gasteiger partial charge in [0.25, 0.3) is 0 Å². The topological polar surface area (TPSA) is 120 Å². The van der Waals surface area contributed by atoms with E-state index in [4.69, 9.17) is 17.3 Å². The molecule has 3 amide bonds. The molecule has 0 bridgehead atoms. The summed E-state index contributed by atoms with van der Waals surface area (Å²) in [6.45, 7) is 6.76. The van der Waals surface area contributed by atoms with Crippen molar-refractivity contribution < 1.29 is 9.59 Å². The molecule has 0 radical (unpaired) electrons. The number of nitrogens with zero attached hydrogens (tertiary/aromatic N) is 4. The van der Waals surface area contributed by atoms with E-state index in [0.717, 1.165) is 73.5 Å². The van der Waals surface area contributed by atoms with Gasteiger partial charge in [-0.25, -0.2) is 9.59 Å². The monoisotopic (exact) mass is 649 g/mol. The van der Waals surface area contributed by atoms with Gasteiger partial charge in [0.1, 0.15) is 6.04 Å². The van der Waals surface area contributed by atoms with Gasteiger partial charge in [-0.2, -0.15) is 0 Å². The summed E-state index contributed by atoms with van der Waals surface area (Å²) in [6.07, 6.45) is 6.87. The number of para-hydroxylation sites is 2. The van der Waals surface area contributed by atoms with Crippen molar-refractivity contribution in [3.8, 4) is 0 Å². The number of nitrogen functional groups attached to an aromatic ring is 1. The van der Waals surface area contributed by atoms with Crippen molar-refractivity contribution >= 4 is 40.3 Å². The third-order valence-electron chi connectivity index (χ3n) is 10.7. The number of halogens is 1. The summed E-state index contributed by atoms with van der Waals surface area (Å²) in [5.74, 6) is 1.34. The van der Waals surface area contributed by atoms with E-state index in [1.54, 1.807) is 4.90 Å². The molecule has 1 atom stereocenters. The number of carbonyl (C=O) groups excluding carboxylic acids is 2. The van der Waals surface area contributed by atoms with Crippen LogP contribution in [0.5, 0.6) is 0 Å². The van der Waals surface area contributed by atoms with Crippen LogP contribution in [0.15, 0.2) is 41.2 Å². The Morgan fingerprint density at radius 2 is 1.59 bits per heavy atom. The van der Waals surface area contributed by atoms with Crippen molar-refractivity contribution in [2.75, 3.05) is 52.0 Å². The molecule has 0 aliphatic carbocycles. The summed E-state index contributed by atoms with van der Waals surface area (Å²) in [6, 6.07) is 10.6. The molecule has 11 heteroatoms. The number of hydrogen-bond acceptors (Lipinski definition) is 5. The lowest BCUT2D eigenvalue weighted by Gasteiger charge is -2.40. The molecule has 3 aromatic rings. The maximum atomic E-state index is 14.1. The lowest BCUT2D eigenvalue weighted by Crippen LogP contribution is -2.55. The molecule has 4 heterocycles. The highest BCUT2D eigenvalue weighted by molar-refractivity contribution is 6.33. The molecule has 248 valence electrons. The summed E-state index contributed by atoms with van der Waals surface area (Å²) < 4.78 is 1.82. The Labute approximate surface area is 276 Å². The van der Waals surface area contributed by atoms with Gasteiger partial charge in [-0.05, 0) is 106 Å². The minimum absolute atomic E-state index is 0.000345. The smallest absolute Gasteiger partial charge is 0.326 e. The van der Waals surface area contributed by atoms with Crippen LogP contribution in [0, 0.1) is 11.8 Å². The number of amides is 3. The van der Waals surface area contributed by atoms with E-state index in [1.165, 1.54) is 12.8 Å². The summed E-state index contributed by atoms with van der Waals surface area (Å²) in [4.78, 5) is 49.7. The molecule has 10 nitrogen and oxygen atoms in total. The molecule has 3 aliphatic heterocycles. The first-order valence-electron chi connectivity index (χ1n) is 17.0. The zero-order valence-corrected chi connectivity index (χ0v) is 27.9. The van der Waals surface area contributed by atoms with Crippen LogP contribution in [0.4, 0.5) is 10.5 Å². The summed E-state index contributed by atoms with van der Waals surface area (Å²) in [5.41, 5.74) is 10.2. The summed E-state index contributed by atoms with van der Waals surface area (Å²) in [5, 5.41) is 3.59. The van der Waals surface area contributed by atoms with Crippen LogP contribution < -0.4 is 16.7 Å². The van der Waals surface area contributed by atoms with E-state index in [9.17, 15) is 14.4 Å². The molecule has 6 rings (SSSR count). The Balaban J connectivity index is 1.13. The van der Waals surface area contributed by atoms with E-state index in [1.807, 2.05) is 52.8 Å². The van der Waals surface area contributed by atoms with E-state index < -0.39 is 6.04 Å². The van der Waals surface area contributed by atoms with Crippen molar-refractivity contribution in [3.63, 3.8) is 0 Å². The van der Waals surface area contributed by atoms with E-state index in [0.29, 0.717) is 49.0 Å². The minimum Gasteiger partial charge on any atom is -0.397 e. The van der Waals surface area contributed by atoms with Crippen LogP contribution in [-0.4, -0.2) is 88.5 Å². The number of hydrogen-bond donors (Lipinski definition) is 3. The van der Waals surface area contributed by atoms with Crippen molar-refractivity contribution in [2.24, 2.45) is 11.8 Å². The zero-order valence-electron chi connectivity index (χ0n) is 27.1. The molecule has 2 aromatic carbocycles. The van der Waals surface area contributed by atoms with Gasteiger partial charge in [-0.3, -0.25) is 9.36 Å². The molecule has 3 saturated heterocycles. The van der Waals surface area contributed by atoms with Gasteiger partial charge in [0.15, 0.2) is 0 Å². The SMILES string of the molecule is CCc1cc(C[C@@H](NC(=O)N2CCC(n3c(=O)[nH]c4ccccc43)CC2)C(=O)N2CCC(C3CCN(C)CC3)CC2)cc(Cl)c1N. The third-order valence-corrected chi connectivity index (χ3v) is 11.0. The molecule has 4 N–H and O–H groups in total. The number of H-pyrrole nitrogens is 1. The minimum atomic E-state index is -0.717. The molecule has 0 spiro atoms.